The number of hydrogen-bond acceptors (Lipinski definition) is 5. The number of rotatable bonds is 4. The van der Waals surface area contributed by atoms with Crippen LogP contribution >= 0.6 is 0 Å². The number of fused-ring (bicyclic) bond motifs is 2. The Morgan fingerprint density at radius 1 is 1.29 bits per heavy atom. The van der Waals surface area contributed by atoms with Gasteiger partial charge in [-0.15, -0.1) is 0 Å². The Labute approximate surface area is 139 Å². The van der Waals surface area contributed by atoms with Gasteiger partial charge in [0.25, 0.3) is 0 Å². The quantitative estimate of drug-likeness (QED) is 0.672. The van der Waals surface area contributed by atoms with E-state index in [4.69, 9.17) is 4.42 Å². The number of amides is 4. The van der Waals surface area contributed by atoms with Crippen molar-refractivity contribution < 1.29 is 18.8 Å². The number of furan rings is 1. The zero-order valence-electron chi connectivity index (χ0n) is 13.2. The first kappa shape index (κ1) is 15.1. The Morgan fingerprint density at radius 3 is 2.83 bits per heavy atom. The van der Waals surface area contributed by atoms with Crippen molar-refractivity contribution in [3.8, 4) is 0 Å². The highest BCUT2D eigenvalue weighted by Gasteiger charge is 2.50. The molecule has 2 aliphatic carbocycles. The Kier molecular flexibility index (Phi) is 3.70. The second-order valence-electron chi connectivity index (χ2n) is 6.79. The van der Waals surface area contributed by atoms with Crippen LogP contribution in [0.4, 0.5) is 4.79 Å². The molecule has 7 heteroatoms. The lowest BCUT2D eigenvalue weighted by Gasteiger charge is -2.36. The predicted molar refractivity (Wildman–Crippen MR) is 84.0 cm³/mol. The van der Waals surface area contributed by atoms with Gasteiger partial charge in [-0.05, 0) is 43.2 Å². The van der Waals surface area contributed by atoms with Gasteiger partial charge in [0, 0.05) is 12.3 Å². The lowest BCUT2D eigenvalue weighted by molar-refractivity contribution is -0.141. The minimum atomic E-state index is -1.04. The molecule has 1 aromatic heterocycles. The first-order valence-corrected chi connectivity index (χ1v) is 8.33. The van der Waals surface area contributed by atoms with Gasteiger partial charge in [-0.25, -0.2) is 4.79 Å². The first-order valence-electron chi connectivity index (χ1n) is 8.33. The second kappa shape index (κ2) is 5.89. The highest BCUT2D eigenvalue weighted by atomic mass is 16.3. The summed E-state index contributed by atoms with van der Waals surface area (Å²) in [6.45, 7) is 0.256. The van der Waals surface area contributed by atoms with Crippen LogP contribution in [0.3, 0.4) is 0 Å². The third-order valence-corrected chi connectivity index (χ3v) is 5.35. The standard InChI is InChI=1S/C17H19N3O4/c21-15-13(9-18-8-12-2-1-5-24-12)16(22)20(17(23)19-15)14-7-10-3-4-11(14)6-10/h1-2,5,9-11,13-14H,3-4,6-8H2,(H,19,21,23)/t10-,11-,13-,14+/m0/s1. The fraction of sp³-hybridized carbons (Fsp3) is 0.529. The van der Waals surface area contributed by atoms with Crippen LogP contribution in [-0.2, 0) is 16.1 Å². The molecule has 0 aromatic carbocycles. The monoisotopic (exact) mass is 329 g/mol. The Balaban J connectivity index is 1.49. The number of carbonyl (C=O) groups excluding carboxylic acids is 3. The van der Waals surface area contributed by atoms with E-state index in [1.54, 1.807) is 18.4 Å². The van der Waals surface area contributed by atoms with Gasteiger partial charge in [0.15, 0.2) is 5.92 Å². The molecule has 4 atom stereocenters. The van der Waals surface area contributed by atoms with E-state index in [1.165, 1.54) is 17.5 Å². The van der Waals surface area contributed by atoms with Gasteiger partial charge in [0.1, 0.15) is 5.76 Å². The van der Waals surface area contributed by atoms with E-state index in [0.29, 0.717) is 17.6 Å². The van der Waals surface area contributed by atoms with E-state index in [1.807, 2.05) is 0 Å². The smallest absolute Gasteiger partial charge is 0.331 e. The average molecular weight is 329 g/mol. The van der Waals surface area contributed by atoms with Gasteiger partial charge >= 0.3 is 6.03 Å². The maximum absolute atomic E-state index is 12.7. The molecule has 2 bridgehead atoms. The van der Waals surface area contributed by atoms with E-state index in [0.717, 1.165) is 19.3 Å². The minimum absolute atomic E-state index is 0.0784. The van der Waals surface area contributed by atoms with E-state index < -0.39 is 23.8 Å². The second-order valence-corrected chi connectivity index (χ2v) is 6.79. The molecule has 24 heavy (non-hydrogen) atoms. The van der Waals surface area contributed by atoms with Crippen LogP contribution in [0.25, 0.3) is 0 Å². The molecule has 1 saturated heterocycles. The fourth-order valence-corrected chi connectivity index (χ4v) is 4.23. The maximum Gasteiger partial charge on any atom is 0.331 e. The van der Waals surface area contributed by atoms with Gasteiger partial charge in [-0.2, -0.15) is 0 Å². The summed E-state index contributed by atoms with van der Waals surface area (Å²) in [4.78, 5) is 42.4. The zero-order chi connectivity index (χ0) is 16.7. The number of hydrogen-bond donors (Lipinski definition) is 1. The number of nitrogens with one attached hydrogen (secondary N) is 1. The molecule has 0 unspecified atom stereocenters. The van der Waals surface area contributed by atoms with Crippen molar-refractivity contribution in [1.82, 2.24) is 10.2 Å². The van der Waals surface area contributed by atoms with Crippen molar-refractivity contribution in [1.29, 1.82) is 0 Å². The van der Waals surface area contributed by atoms with Crippen LogP contribution in [0.15, 0.2) is 27.8 Å². The third-order valence-electron chi connectivity index (χ3n) is 5.35. The molecular formula is C17H19N3O4. The lowest BCUT2D eigenvalue weighted by Crippen LogP contribution is -2.62. The minimum Gasteiger partial charge on any atom is -0.467 e. The molecule has 7 nitrogen and oxygen atoms in total. The predicted octanol–water partition coefficient (Wildman–Crippen LogP) is 1.73. The number of imide groups is 2. The molecule has 3 aliphatic rings. The van der Waals surface area contributed by atoms with Crippen molar-refractivity contribution in [3.63, 3.8) is 0 Å². The van der Waals surface area contributed by atoms with Crippen LogP contribution in [0.2, 0.25) is 0 Å². The summed E-state index contributed by atoms with van der Waals surface area (Å²) in [7, 11) is 0. The van der Waals surface area contributed by atoms with Gasteiger partial charge in [0.2, 0.25) is 11.8 Å². The van der Waals surface area contributed by atoms with E-state index >= 15 is 0 Å². The summed E-state index contributed by atoms with van der Waals surface area (Å²) in [5.74, 6) is -0.479. The largest absolute Gasteiger partial charge is 0.467 e. The van der Waals surface area contributed by atoms with E-state index in [-0.39, 0.29) is 12.6 Å². The summed E-state index contributed by atoms with van der Waals surface area (Å²) in [5.41, 5.74) is 0. The van der Waals surface area contributed by atoms with Crippen LogP contribution in [0.5, 0.6) is 0 Å². The summed E-state index contributed by atoms with van der Waals surface area (Å²) in [5, 5.41) is 2.30. The highest BCUT2D eigenvalue weighted by molar-refractivity contribution is 6.23. The van der Waals surface area contributed by atoms with Crippen LogP contribution in [0, 0.1) is 17.8 Å². The van der Waals surface area contributed by atoms with Gasteiger partial charge in [-0.1, -0.05) is 6.42 Å². The molecular weight excluding hydrogens is 310 g/mol. The summed E-state index contributed by atoms with van der Waals surface area (Å²) in [6, 6.07) is 2.85. The van der Waals surface area contributed by atoms with Crippen LogP contribution in [0.1, 0.15) is 31.4 Å². The van der Waals surface area contributed by atoms with E-state index in [2.05, 4.69) is 10.3 Å². The third kappa shape index (κ3) is 2.53. The van der Waals surface area contributed by atoms with Gasteiger partial charge < -0.3 is 4.42 Å². The van der Waals surface area contributed by atoms with Crippen molar-refractivity contribution in [2.24, 2.45) is 22.7 Å². The maximum atomic E-state index is 12.7. The molecule has 4 rings (SSSR count). The molecule has 2 saturated carbocycles. The van der Waals surface area contributed by atoms with Crippen LogP contribution < -0.4 is 5.32 Å². The van der Waals surface area contributed by atoms with Crippen molar-refractivity contribution >= 4 is 24.1 Å². The molecule has 2 heterocycles. The van der Waals surface area contributed by atoms with Gasteiger partial charge in [0.05, 0.1) is 12.8 Å². The number of barbiturate groups is 1. The summed E-state index contributed by atoms with van der Waals surface area (Å²) < 4.78 is 5.17. The SMILES string of the molecule is O=C1NC(=O)N([C@@H]2C[C@H]3CC[C@H]2C3)C(=O)[C@H]1C=NCc1ccco1. The number of carbonyl (C=O) groups is 3. The Bertz CT molecular complexity index is 697. The Hall–Kier alpha value is -2.44. The topological polar surface area (TPSA) is 92.0 Å². The average Bonchev–Trinajstić information content (AvgIpc) is 3.28. The van der Waals surface area contributed by atoms with Crippen molar-refractivity contribution in [2.45, 2.75) is 38.3 Å². The number of urea groups is 1. The molecule has 4 amide bonds. The normalized spacial score (nSPS) is 32.8. The molecule has 1 N–H and O–H groups in total. The highest BCUT2D eigenvalue weighted by Crippen LogP contribution is 2.47. The first-order chi connectivity index (χ1) is 11.6. The van der Waals surface area contributed by atoms with Gasteiger partial charge in [-0.3, -0.25) is 24.8 Å². The molecule has 1 aliphatic heterocycles. The Morgan fingerprint density at radius 2 is 2.17 bits per heavy atom. The van der Waals surface area contributed by atoms with Crippen molar-refractivity contribution in [3.05, 3.63) is 24.2 Å². The van der Waals surface area contributed by atoms with Crippen LogP contribution in [-0.4, -0.2) is 35.0 Å². The van der Waals surface area contributed by atoms with Crippen molar-refractivity contribution in [2.75, 3.05) is 0 Å². The number of nitrogens with zero attached hydrogens (tertiary/aromatic N) is 2. The lowest BCUT2D eigenvalue weighted by atomic mass is 9.92. The molecule has 126 valence electrons. The van der Waals surface area contributed by atoms with E-state index in [9.17, 15) is 14.4 Å². The molecule has 3 fully saturated rings. The number of aliphatic imine (C=N–C) groups is 1. The summed E-state index contributed by atoms with van der Waals surface area (Å²) >= 11 is 0. The molecule has 0 radical (unpaired) electrons. The fourth-order valence-electron chi connectivity index (χ4n) is 4.23. The molecule has 1 aromatic rings. The zero-order valence-corrected chi connectivity index (χ0v) is 13.2. The molecule has 0 spiro atoms. The summed E-state index contributed by atoms with van der Waals surface area (Å²) in [6.07, 6.45) is 7.03.